The summed E-state index contributed by atoms with van der Waals surface area (Å²) in [5, 5.41) is 3.06. The standard InChI is InChI=1S/C12H24N2O/c1-3-5-11(13)12(15)14-10(4-2)8-9-6-7-9/h9-11H,3-8,13H2,1-2H3,(H,14,15)/t10?,11-/m1/s1. The number of amides is 1. The Morgan fingerprint density at radius 2 is 2.13 bits per heavy atom. The molecule has 0 spiro atoms. The van der Waals surface area contributed by atoms with Gasteiger partial charge in [0.25, 0.3) is 0 Å². The summed E-state index contributed by atoms with van der Waals surface area (Å²) in [4.78, 5) is 11.7. The Morgan fingerprint density at radius 1 is 1.47 bits per heavy atom. The molecule has 2 atom stereocenters. The van der Waals surface area contributed by atoms with Crippen LogP contribution in [-0.2, 0) is 4.79 Å². The second-order valence-electron chi connectivity index (χ2n) is 4.69. The van der Waals surface area contributed by atoms with Gasteiger partial charge in [0.15, 0.2) is 0 Å². The molecular formula is C12H24N2O. The van der Waals surface area contributed by atoms with Crippen molar-refractivity contribution in [2.75, 3.05) is 0 Å². The molecule has 1 amide bonds. The van der Waals surface area contributed by atoms with E-state index < -0.39 is 0 Å². The largest absolute Gasteiger partial charge is 0.352 e. The van der Waals surface area contributed by atoms with Crippen LogP contribution in [0, 0.1) is 5.92 Å². The van der Waals surface area contributed by atoms with Crippen LogP contribution in [0.5, 0.6) is 0 Å². The van der Waals surface area contributed by atoms with Gasteiger partial charge >= 0.3 is 0 Å². The van der Waals surface area contributed by atoms with E-state index >= 15 is 0 Å². The molecule has 3 nitrogen and oxygen atoms in total. The molecule has 0 aliphatic heterocycles. The summed E-state index contributed by atoms with van der Waals surface area (Å²) in [5.41, 5.74) is 5.77. The summed E-state index contributed by atoms with van der Waals surface area (Å²) in [5.74, 6) is 0.891. The molecule has 0 saturated heterocycles. The number of hydrogen-bond acceptors (Lipinski definition) is 2. The van der Waals surface area contributed by atoms with Gasteiger partial charge < -0.3 is 11.1 Å². The Bertz CT molecular complexity index is 202. The quantitative estimate of drug-likeness (QED) is 0.676. The third kappa shape index (κ3) is 4.65. The second-order valence-corrected chi connectivity index (χ2v) is 4.69. The van der Waals surface area contributed by atoms with E-state index in [1.165, 1.54) is 12.8 Å². The van der Waals surface area contributed by atoms with E-state index in [1.807, 2.05) is 0 Å². The summed E-state index contributed by atoms with van der Waals surface area (Å²) in [6, 6.07) is 0.0242. The Kier molecular flexibility index (Phi) is 5.09. The molecule has 3 heteroatoms. The molecule has 0 bridgehead atoms. The lowest BCUT2D eigenvalue weighted by Gasteiger charge is -2.19. The minimum absolute atomic E-state index is 0.0318. The first-order valence-electron chi connectivity index (χ1n) is 6.23. The molecule has 1 aliphatic rings. The van der Waals surface area contributed by atoms with Gasteiger partial charge in [0, 0.05) is 6.04 Å². The maximum atomic E-state index is 11.7. The number of hydrogen-bond donors (Lipinski definition) is 2. The van der Waals surface area contributed by atoms with E-state index in [0.717, 1.165) is 31.6 Å². The van der Waals surface area contributed by atoms with E-state index in [4.69, 9.17) is 5.73 Å². The zero-order valence-electron chi connectivity index (χ0n) is 9.96. The van der Waals surface area contributed by atoms with Crippen molar-refractivity contribution in [3.05, 3.63) is 0 Å². The molecule has 1 unspecified atom stereocenters. The zero-order valence-corrected chi connectivity index (χ0v) is 9.96. The van der Waals surface area contributed by atoms with Crippen LogP contribution in [0.3, 0.4) is 0 Å². The topological polar surface area (TPSA) is 55.1 Å². The molecule has 0 heterocycles. The fourth-order valence-corrected chi connectivity index (χ4v) is 1.83. The van der Waals surface area contributed by atoms with Gasteiger partial charge in [-0.2, -0.15) is 0 Å². The van der Waals surface area contributed by atoms with Crippen LogP contribution in [0.4, 0.5) is 0 Å². The third-order valence-corrected chi connectivity index (χ3v) is 3.09. The molecule has 1 fully saturated rings. The molecule has 15 heavy (non-hydrogen) atoms. The fourth-order valence-electron chi connectivity index (χ4n) is 1.83. The van der Waals surface area contributed by atoms with Gasteiger partial charge in [-0.15, -0.1) is 0 Å². The number of carbonyl (C=O) groups is 1. The number of carbonyl (C=O) groups excluding carboxylic acids is 1. The van der Waals surface area contributed by atoms with Gasteiger partial charge in [-0.05, 0) is 25.2 Å². The molecule has 3 N–H and O–H groups in total. The first-order chi connectivity index (χ1) is 7.17. The Morgan fingerprint density at radius 3 is 2.60 bits per heavy atom. The van der Waals surface area contributed by atoms with Crippen LogP contribution in [0.25, 0.3) is 0 Å². The summed E-state index contributed by atoms with van der Waals surface area (Å²) in [6.07, 6.45) is 6.59. The number of rotatable bonds is 7. The normalized spacial score (nSPS) is 19.7. The molecule has 1 rings (SSSR count). The van der Waals surface area contributed by atoms with Gasteiger partial charge in [-0.25, -0.2) is 0 Å². The van der Waals surface area contributed by atoms with Crippen LogP contribution in [-0.4, -0.2) is 18.0 Å². The predicted octanol–water partition coefficient (Wildman–Crippen LogP) is 1.81. The van der Waals surface area contributed by atoms with Crippen molar-refractivity contribution in [1.29, 1.82) is 0 Å². The van der Waals surface area contributed by atoms with Crippen LogP contribution >= 0.6 is 0 Å². The van der Waals surface area contributed by atoms with Gasteiger partial charge in [0.2, 0.25) is 5.91 Å². The molecule has 0 aromatic heterocycles. The van der Waals surface area contributed by atoms with Crippen LogP contribution < -0.4 is 11.1 Å². The lowest BCUT2D eigenvalue weighted by atomic mass is 10.1. The lowest BCUT2D eigenvalue weighted by molar-refractivity contribution is -0.123. The smallest absolute Gasteiger partial charge is 0.237 e. The van der Waals surface area contributed by atoms with Gasteiger partial charge in [-0.1, -0.05) is 33.1 Å². The fraction of sp³-hybridized carbons (Fsp3) is 0.917. The number of nitrogens with two attached hydrogens (primary N) is 1. The molecule has 1 saturated carbocycles. The SMILES string of the molecule is CCC[C@@H](N)C(=O)NC(CC)CC1CC1. The van der Waals surface area contributed by atoms with Crippen LogP contribution in [0.15, 0.2) is 0 Å². The second kappa shape index (κ2) is 6.11. The van der Waals surface area contributed by atoms with Crippen molar-refractivity contribution in [2.45, 2.75) is 64.5 Å². The van der Waals surface area contributed by atoms with Gasteiger partial charge in [-0.3, -0.25) is 4.79 Å². The van der Waals surface area contributed by atoms with Crippen LogP contribution in [0.1, 0.15) is 52.4 Å². The Hall–Kier alpha value is -0.570. The summed E-state index contributed by atoms with van der Waals surface area (Å²) in [7, 11) is 0. The first kappa shape index (κ1) is 12.5. The average molecular weight is 212 g/mol. The zero-order chi connectivity index (χ0) is 11.3. The minimum Gasteiger partial charge on any atom is -0.352 e. The molecule has 0 aromatic rings. The number of nitrogens with one attached hydrogen (secondary N) is 1. The summed E-state index contributed by atoms with van der Waals surface area (Å²) < 4.78 is 0. The first-order valence-corrected chi connectivity index (χ1v) is 6.23. The molecule has 0 aromatic carbocycles. The van der Waals surface area contributed by atoms with Gasteiger partial charge in [0.05, 0.1) is 6.04 Å². The van der Waals surface area contributed by atoms with E-state index in [9.17, 15) is 4.79 Å². The van der Waals surface area contributed by atoms with Crippen molar-refractivity contribution in [3.8, 4) is 0 Å². The molecular weight excluding hydrogens is 188 g/mol. The van der Waals surface area contributed by atoms with Crippen molar-refractivity contribution in [2.24, 2.45) is 11.7 Å². The highest BCUT2D eigenvalue weighted by Gasteiger charge is 2.26. The minimum atomic E-state index is -0.316. The van der Waals surface area contributed by atoms with E-state index in [0.29, 0.717) is 6.04 Å². The van der Waals surface area contributed by atoms with Crippen LogP contribution in [0.2, 0.25) is 0 Å². The monoisotopic (exact) mass is 212 g/mol. The average Bonchev–Trinajstić information content (AvgIpc) is 3.00. The molecule has 88 valence electrons. The van der Waals surface area contributed by atoms with Crippen molar-refractivity contribution >= 4 is 5.91 Å². The van der Waals surface area contributed by atoms with E-state index in [-0.39, 0.29) is 11.9 Å². The third-order valence-electron chi connectivity index (χ3n) is 3.09. The lowest BCUT2D eigenvalue weighted by Crippen LogP contribution is -2.45. The predicted molar refractivity (Wildman–Crippen MR) is 62.4 cm³/mol. The Balaban J connectivity index is 2.25. The highest BCUT2D eigenvalue weighted by molar-refractivity contribution is 5.81. The van der Waals surface area contributed by atoms with E-state index in [2.05, 4.69) is 19.2 Å². The maximum absolute atomic E-state index is 11.7. The Labute approximate surface area is 92.8 Å². The van der Waals surface area contributed by atoms with Crippen molar-refractivity contribution in [1.82, 2.24) is 5.32 Å². The van der Waals surface area contributed by atoms with Crippen molar-refractivity contribution in [3.63, 3.8) is 0 Å². The van der Waals surface area contributed by atoms with Gasteiger partial charge in [0.1, 0.15) is 0 Å². The van der Waals surface area contributed by atoms with Crippen molar-refractivity contribution < 1.29 is 4.79 Å². The molecule has 1 aliphatic carbocycles. The van der Waals surface area contributed by atoms with E-state index in [1.54, 1.807) is 0 Å². The highest BCUT2D eigenvalue weighted by Crippen LogP contribution is 2.33. The molecule has 0 radical (unpaired) electrons. The maximum Gasteiger partial charge on any atom is 0.237 e. The highest BCUT2D eigenvalue weighted by atomic mass is 16.2. The summed E-state index contributed by atoms with van der Waals surface area (Å²) in [6.45, 7) is 4.17. The summed E-state index contributed by atoms with van der Waals surface area (Å²) >= 11 is 0.